The van der Waals surface area contributed by atoms with E-state index in [4.69, 9.17) is 14.9 Å². The fourth-order valence-corrected chi connectivity index (χ4v) is 2.54. The average Bonchev–Trinajstić information content (AvgIpc) is 2.05. The van der Waals surface area contributed by atoms with E-state index in [1.54, 1.807) is 13.8 Å². The van der Waals surface area contributed by atoms with Gasteiger partial charge in [0.2, 0.25) is 0 Å². The minimum absolute atomic E-state index is 0.353. The third-order valence-corrected chi connectivity index (χ3v) is 3.51. The third kappa shape index (κ3) is 6.18. The maximum Gasteiger partial charge on any atom is 0.330 e. The van der Waals surface area contributed by atoms with Gasteiger partial charge in [0.1, 0.15) is 0 Å². The van der Waals surface area contributed by atoms with Crippen LogP contribution in [0.5, 0.6) is 0 Å². The molecule has 13 heavy (non-hydrogen) atoms. The first-order valence-corrected chi connectivity index (χ1v) is 6.11. The van der Waals surface area contributed by atoms with E-state index in [2.05, 4.69) is 4.84 Å². The van der Waals surface area contributed by atoms with Gasteiger partial charge in [0.25, 0.3) is 0 Å². The molecule has 0 aromatic carbocycles. The third-order valence-electron chi connectivity index (χ3n) is 1.35. The van der Waals surface area contributed by atoms with E-state index in [-0.39, 0.29) is 0 Å². The molecule has 0 fully saturated rings. The Balaban J connectivity index is 3.85. The highest BCUT2D eigenvalue weighted by Gasteiger charge is 2.22. The number of hydrogen-bond acceptors (Lipinski definition) is 5. The predicted molar refractivity (Wildman–Crippen MR) is 50.5 cm³/mol. The Morgan fingerprint density at radius 3 is 2.15 bits per heavy atom. The molecule has 0 aliphatic rings. The van der Waals surface area contributed by atoms with Crippen LogP contribution in [-0.2, 0) is 18.5 Å². The lowest BCUT2D eigenvalue weighted by Gasteiger charge is -2.16. The molecule has 0 aliphatic heterocycles. The molecule has 0 radical (unpaired) electrons. The Kier molecular flexibility index (Phi) is 7.51. The Bertz CT molecular complexity index is 155. The second kappa shape index (κ2) is 7.47. The molecule has 0 amide bonds. The van der Waals surface area contributed by atoms with Crippen LogP contribution in [-0.4, -0.2) is 26.0 Å². The molecule has 0 saturated carbocycles. The van der Waals surface area contributed by atoms with E-state index in [0.717, 1.165) is 0 Å². The molecule has 0 atom stereocenters. The first-order chi connectivity index (χ1) is 6.18. The largest absolute Gasteiger partial charge is 0.330 e. The lowest BCUT2D eigenvalue weighted by atomic mass is 10.5. The summed E-state index contributed by atoms with van der Waals surface area (Å²) in [5.74, 6) is 4.83. The second-order valence-electron chi connectivity index (χ2n) is 2.39. The van der Waals surface area contributed by atoms with E-state index in [1.807, 2.05) is 0 Å². The van der Waals surface area contributed by atoms with Crippen LogP contribution in [0.15, 0.2) is 0 Å². The first kappa shape index (κ1) is 13.1. The highest BCUT2D eigenvalue weighted by atomic mass is 31.2. The summed E-state index contributed by atoms with van der Waals surface area (Å²) in [7, 11) is -2.88. The van der Waals surface area contributed by atoms with Gasteiger partial charge in [0.15, 0.2) is 0 Å². The van der Waals surface area contributed by atoms with Crippen molar-refractivity contribution in [1.82, 2.24) is 0 Å². The van der Waals surface area contributed by atoms with Crippen molar-refractivity contribution in [2.45, 2.75) is 20.3 Å². The molecule has 0 heterocycles. The molecule has 0 spiro atoms. The minimum atomic E-state index is -2.88. The van der Waals surface area contributed by atoms with Crippen LogP contribution in [0, 0.1) is 0 Å². The Morgan fingerprint density at radius 1 is 1.23 bits per heavy atom. The molecule has 0 unspecified atom stereocenters. The number of hydrogen-bond donors (Lipinski definition) is 1. The fourth-order valence-electron chi connectivity index (χ4n) is 0.901. The zero-order valence-electron chi connectivity index (χ0n) is 8.19. The van der Waals surface area contributed by atoms with E-state index in [1.165, 1.54) is 0 Å². The van der Waals surface area contributed by atoms with Gasteiger partial charge in [-0.15, -0.1) is 0 Å². The van der Waals surface area contributed by atoms with E-state index in [9.17, 15) is 4.57 Å². The summed E-state index contributed by atoms with van der Waals surface area (Å²) in [5.41, 5.74) is 0. The zero-order chi connectivity index (χ0) is 10.2. The van der Waals surface area contributed by atoms with Gasteiger partial charge in [-0.1, -0.05) is 0 Å². The molecule has 2 N–H and O–H groups in total. The summed E-state index contributed by atoms with van der Waals surface area (Å²) in [5, 5.41) is 0. The van der Waals surface area contributed by atoms with Crippen molar-refractivity contribution in [1.29, 1.82) is 0 Å². The summed E-state index contributed by atoms with van der Waals surface area (Å²) in [4.78, 5) is 4.36. The van der Waals surface area contributed by atoms with Crippen molar-refractivity contribution >= 4 is 7.60 Å². The van der Waals surface area contributed by atoms with Gasteiger partial charge in [-0.25, -0.2) is 5.90 Å². The fraction of sp³-hybridized carbons (Fsp3) is 1.00. The second-order valence-corrected chi connectivity index (χ2v) is 4.58. The van der Waals surface area contributed by atoms with Crippen molar-refractivity contribution in [2.75, 3.05) is 26.0 Å². The molecule has 5 nitrogen and oxygen atoms in total. The highest BCUT2D eigenvalue weighted by Crippen LogP contribution is 2.48. The first-order valence-electron chi connectivity index (χ1n) is 4.38. The monoisotopic (exact) mass is 211 g/mol. The lowest BCUT2D eigenvalue weighted by Crippen LogP contribution is -2.06. The van der Waals surface area contributed by atoms with Crippen LogP contribution in [0.25, 0.3) is 0 Å². The molecule has 0 bridgehead atoms. The molecule has 0 aromatic rings. The van der Waals surface area contributed by atoms with Crippen molar-refractivity contribution in [3.8, 4) is 0 Å². The molecule has 80 valence electrons. The van der Waals surface area contributed by atoms with Gasteiger partial charge >= 0.3 is 7.60 Å². The summed E-state index contributed by atoms with van der Waals surface area (Å²) in [6, 6.07) is 0. The summed E-state index contributed by atoms with van der Waals surface area (Å²) < 4.78 is 21.9. The Hall–Kier alpha value is 0.0700. The maximum atomic E-state index is 11.7. The topological polar surface area (TPSA) is 70.8 Å². The van der Waals surface area contributed by atoms with Crippen LogP contribution in [0.2, 0.25) is 0 Å². The minimum Gasteiger partial charge on any atom is -0.309 e. The molecular weight excluding hydrogens is 193 g/mol. The van der Waals surface area contributed by atoms with Gasteiger partial charge in [0, 0.05) is 0 Å². The van der Waals surface area contributed by atoms with E-state index < -0.39 is 7.60 Å². The molecule has 0 aromatic heterocycles. The maximum absolute atomic E-state index is 11.7. The van der Waals surface area contributed by atoms with E-state index in [0.29, 0.717) is 32.4 Å². The summed E-state index contributed by atoms with van der Waals surface area (Å²) >= 11 is 0. The SMILES string of the molecule is CCOP(=O)(CCCON)OCC. The standard InChI is InChI=1S/C7H18NO4P/c1-3-11-13(9,12-4-2)7-5-6-10-8/h3-8H2,1-2H3. The van der Waals surface area contributed by atoms with Gasteiger partial charge in [-0.2, -0.15) is 0 Å². The zero-order valence-corrected chi connectivity index (χ0v) is 9.09. The smallest absolute Gasteiger partial charge is 0.309 e. The van der Waals surface area contributed by atoms with Gasteiger partial charge in [-0.3, -0.25) is 4.57 Å². The molecule has 6 heteroatoms. The van der Waals surface area contributed by atoms with Crippen LogP contribution in [0.1, 0.15) is 20.3 Å². The van der Waals surface area contributed by atoms with Gasteiger partial charge < -0.3 is 13.9 Å². The van der Waals surface area contributed by atoms with Crippen molar-refractivity contribution < 1.29 is 18.5 Å². The van der Waals surface area contributed by atoms with Crippen LogP contribution >= 0.6 is 7.60 Å². The highest BCUT2D eigenvalue weighted by molar-refractivity contribution is 7.53. The molecule has 0 rings (SSSR count). The average molecular weight is 211 g/mol. The van der Waals surface area contributed by atoms with E-state index >= 15 is 0 Å². The van der Waals surface area contributed by atoms with Crippen LogP contribution in [0.3, 0.4) is 0 Å². The van der Waals surface area contributed by atoms with Crippen LogP contribution in [0.4, 0.5) is 0 Å². The summed E-state index contributed by atoms with van der Waals surface area (Å²) in [6.07, 6.45) is 0.930. The number of rotatable bonds is 8. The lowest BCUT2D eigenvalue weighted by molar-refractivity contribution is 0.136. The summed E-state index contributed by atoms with van der Waals surface area (Å²) in [6.45, 7) is 4.71. The predicted octanol–water partition coefficient (Wildman–Crippen LogP) is 1.53. The van der Waals surface area contributed by atoms with Crippen molar-refractivity contribution in [3.05, 3.63) is 0 Å². The molecule has 0 aliphatic carbocycles. The van der Waals surface area contributed by atoms with Gasteiger partial charge in [-0.05, 0) is 20.3 Å². The molecule has 0 saturated heterocycles. The normalized spacial score (nSPS) is 11.9. The van der Waals surface area contributed by atoms with Crippen LogP contribution < -0.4 is 5.90 Å². The molecular formula is C7H18NO4P. The van der Waals surface area contributed by atoms with Crippen molar-refractivity contribution in [3.63, 3.8) is 0 Å². The van der Waals surface area contributed by atoms with Crippen molar-refractivity contribution in [2.24, 2.45) is 5.90 Å². The Labute approximate surface area is 79.0 Å². The van der Waals surface area contributed by atoms with Gasteiger partial charge in [0.05, 0.1) is 26.0 Å². The number of nitrogens with two attached hydrogens (primary N) is 1. The Morgan fingerprint density at radius 2 is 1.77 bits per heavy atom. The quantitative estimate of drug-likeness (QED) is 0.374.